The van der Waals surface area contributed by atoms with Crippen LogP contribution in [0.4, 0.5) is 20.6 Å². The van der Waals surface area contributed by atoms with Gasteiger partial charge in [0.15, 0.2) is 0 Å². The molecule has 0 spiro atoms. The lowest BCUT2D eigenvalue weighted by molar-refractivity contribution is -0.384. The first kappa shape index (κ1) is 21.3. The quantitative estimate of drug-likeness (QED) is 0.413. The molecule has 0 aliphatic rings. The van der Waals surface area contributed by atoms with Crippen molar-refractivity contribution in [2.75, 3.05) is 11.9 Å². The second-order valence-corrected chi connectivity index (χ2v) is 6.92. The number of anilines is 1. The third-order valence-corrected chi connectivity index (χ3v) is 4.78. The van der Waals surface area contributed by atoms with Crippen LogP contribution < -0.4 is 5.32 Å². The zero-order valence-electron chi connectivity index (χ0n) is 15.9. The summed E-state index contributed by atoms with van der Waals surface area (Å²) < 4.78 is 16.1. The molecular formula is C20H19ClFN5O3. The Morgan fingerprint density at radius 2 is 2.03 bits per heavy atom. The number of urea groups is 1. The number of nitro benzene ring substituents is 1. The van der Waals surface area contributed by atoms with Crippen molar-refractivity contribution in [1.29, 1.82) is 0 Å². The molecule has 0 aliphatic carbocycles. The predicted molar refractivity (Wildman–Crippen MR) is 111 cm³/mol. The van der Waals surface area contributed by atoms with Gasteiger partial charge in [-0.3, -0.25) is 10.1 Å². The molecule has 0 unspecified atom stereocenters. The molecule has 1 N–H and O–H groups in total. The number of halogens is 2. The van der Waals surface area contributed by atoms with Gasteiger partial charge in [-0.2, -0.15) is 0 Å². The maximum atomic E-state index is 14.2. The third kappa shape index (κ3) is 5.54. The topological polar surface area (TPSA) is 93.3 Å². The molecule has 8 nitrogen and oxygen atoms in total. The van der Waals surface area contributed by atoms with Crippen LogP contribution in [-0.2, 0) is 13.1 Å². The molecule has 3 rings (SSSR count). The van der Waals surface area contributed by atoms with Gasteiger partial charge in [0, 0.05) is 53.9 Å². The number of amides is 2. The van der Waals surface area contributed by atoms with Crippen LogP contribution in [0.3, 0.4) is 0 Å². The highest BCUT2D eigenvalue weighted by Crippen LogP contribution is 2.22. The first-order valence-electron chi connectivity index (χ1n) is 9.13. The minimum Gasteiger partial charge on any atom is -0.337 e. The molecule has 10 heteroatoms. The first-order valence-corrected chi connectivity index (χ1v) is 9.51. The molecule has 0 bridgehead atoms. The molecule has 0 fully saturated rings. The van der Waals surface area contributed by atoms with E-state index in [1.165, 1.54) is 41.3 Å². The molecule has 30 heavy (non-hydrogen) atoms. The Balaban J connectivity index is 1.72. The molecular weight excluding hydrogens is 413 g/mol. The van der Waals surface area contributed by atoms with Gasteiger partial charge in [0.05, 0.1) is 17.8 Å². The van der Waals surface area contributed by atoms with Gasteiger partial charge in [-0.1, -0.05) is 17.7 Å². The van der Waals surface area contributed by atoms with E-state index in [0.29, 0.717) is 25.2 Å². The minimum atomic E-state index is -0.520. The molecule has 0 aliphatic heterocycles. The van der Waals surface area contributed by atoms with Crippen molar-refractivity contribution in [2.24, 2.45) is 0 Å². The van der Waals surface area contributed by atoms with Crippen molar-refractivity contribution in [3.63, 3.8) is 0 Å². The van der Waals surface area contributed by atoms with E-state index in [-0.39, 0.29) is 22.8 Å². The smallest absolute Gasteiger partial charge is 0.322 e. The number of non-ortho nitro benzene ring substituents is 1. The SMILES string of the molecule is O=C(Nc1ccc([N+](=O)[O-])cc1)N(CCCn1ccnc1)Cc1c(F)cccc1Cl. The Hall–Kier alpha value is -3.46. The monoisotopic (exact) mass is 431 g/mol. The van der Waals surface area contributed by atoms with Crippen molar-refractivity contribution in [1.82, 2.24) is 14.5 Å². The van der Waals surface area contributed by atoms with Crippen molar-refractivity contribution in [2.45, 2.75) is 19.5 Å². The lowest BCUT2D eigenvalue weighted by Gasteiger charge is -2.24. The Morgan fingerprint density at radius 1 is 1.27 bits per heavy atom. The van der Waals surface area contributed by atoms with Crippen LogP contribution in [0.25, 0.3) is 0 Å². The zero-order valence-corrected chi connectivity index (χ0v) is 16.6. The second kappa shape index (κ2) is 9.84. The number of carbonyl (C=O) groups excluding carboxylic acids is 1. The normalized spacial score (nSPS) is 10.6. The fourth-order valence-corrected chi connectivity index (χ4v) is 3.08. The first-order chi connectivity index (χ1) is 14.4. The summed E-state index contributed by atoms with van der Waals surface area (Å²) in [5.41, 5.74) is 0.536. The van der Waals surface area contributed by atoms with E-state index in [9.17, 15) is 19.3 Å². The molecule has 2 amide bonds. The summed E-state index contributed by atoms with van der Waals surface area (Å²) in [6.07, 6.45) is 5.76. The van der Waals surface area contributed by atoms with Crippen LogP contribution in [0, 0.1) is 15.9 Å². The van der Waals surface area contributed by atoms with Crippen LogP contribution in [0.15, 0.2) is 61.2 Å². The van der Waals surface area contributed by atoms with Crippen molar-refractivity contribution in [3.05, 3.63) is 87.7 Å². The largest absolute Gasteiger partial charge is 0.337 e. The number of hydrogen-bond donors (Lipinski definition) is 1. The molecule has 156 valence electrons. The number of nitrogens with one attached hydrogen (secondary N) is 1. The van der Waals surface area contributed by atoms with E-state index in [2.05, 4.69) is 10.3 Å². The Bertz CT molecular complexity index is 992. The van der Waals surface area contributed by atoms with Crippen molar-refractivity contribution >= 4 is 29.0 Å². The van der Waals surface area contributed by atoms with Crippen LogP contribution in [0.5, 0.6) is 0 Å². The second-order valence-electron chi connectivity index (χ2n) is 6.51. The average Bonchev–Trinajstić information content (AvgIpc) is 3.23. The average molecular weight is 432 g/mol. The summed E-state index contributed by atoms with van der Waals surface area (Å²) in [4.78, 5) is 28.5. The molecule has 0 saturated carbocycles. The highest BCUT2D eigenvalue weighted by molar-refractivity contribution is 6.31. The number of hydrogen-bond acceptors (Lipinski definition) is 4. The zero-order chi connectivity index (χ0) is 21.5. The predicted octanol–water partition coefficient (Wildman–Crippen LogP) is 4.71. The Morgan fingerprint density at radius 3 is 2.67 bits per heavy atom. The van der Waals surface area contributed by atoms with E-state index in [1.54, 1.807) is 18.6 Å². The summed E-state index contributed by atoms with van der Waals surface area (Å²) in [6.45, 7) is 0.947. The Kier molecular flexibility index (Phi) is 6.97. The van der Waals surface area contributed by atoms with E-state index in [0.717, 1.165) is 0 Å². The molecule has 1 heterocycles. The summed E-state index contributed by atoms with van der Waals surface area (Å²) in [5.74, 6) is -0.495. The van der Waals surface area contributed by atoms with Crippen LogP contribution >= 0.6 is 11.6 Å². The van der Waals surface area contributed by atoms with E-state index in [1.807, 2.05) is 10.8 Å². The summed E-state index contributed by atoms with van der Waals surface area (Å²) in [5, 5.41) is 13.7. The standard InChI is InChI=1S/C20H19ClFN5O3/c21-18-3-1-4-19(22)17(18)13-26(11-2-10-25-12-9-23-14-25)20(28)24-15-5-7-16(8-6-15)27(29)30/h1,3-9,12,14H,2,10-11,13H2,(H,24,28). The maximum absolute atomic E-state index is 14.2. The minimum absolute atomic E-state index is 0.0196. The molecule has 0 atom stereocenters. The van der Waals surface area contributed by atoms with Gasteiger partial charge in [0.1, 0.15) is 5.82 Å². The van der Waals surface area contributed by atoms with Gasteiger partial charge in [0.25, 0.3) is 5.69 Å². The number of aryl methyl sites for hydroxylation is 1. The van der Waals surface area contributed by atoms with Crippen molar-refractivity contribution in [3.8, 4) is 0 Å². The number of benzene rings is 2. The van der Waals surface area contributed by atoms with Gasteiger partial charge < -0.3 is 14.8 Å². The molecule has 1 aromatic heterocycles. The van der Waals surface area contributed by atoms with E-state index >= 15 is 0 Å². The van der Waals surface area contributed by atoms with Gasteiger partial charge in [-0.25, -0.2) is 14.2 Å². The highest BCUT2D eigenvalue weighted by atomic mass is 35.5. The highest BCUT2D eigenvalue weighted by Gasteiger charge is 2.18. The van der Waals surface area contributed by atoms with Gasteiger partial charge in [-0.05, 0) is 30.7 Å². The summed E-state index contributed by atoms with van der Waals surface area (Å²) in [6, 6.07) is 9.37. The number of carbonyl (C=O) groups is 1. The third-order valence-electron chi connectivity index (χ3n) is 4.43. The molecule has 0 saturated heterocycles. The van der Waals surface area contributed by atoms with Crippen LogP contribution in [0.1, 0.15) is 12.0 Å². The van der Waals surface area contributed by atoms with Gasteiger partial charge in [0.2, 0.25) is 0 Å². The van der Waals surface area contributed by atoms with E-state index < -0.39 is 16.8 Å². The van der Waals surface area contributed by atoms with Gasteiger partial charge >= 0.3 is 6.03 Å². The molecule has 3 aromatic rings. The number of imidazole rings is 1. The Labute approximate surface area is 177 Å². The molecule has 0 radical (unpaired) electrons. The lowest BCUT2D eigenvalue weighted by Crippen LogP contribution is -2.36. The number of nitro groups is 1. The summed E-state index contributed by atoms with van der Waals surface area (Å²) in [7, 11) is 0. The maximum Gasteiger partial charge on any atom is 0.322 e. The van der Waals surface area contributed by atoms with E-state index in [4.69, 9.17) is 11.6 Å². The number of nitrogens with zero attached hydrogens (tertiary/aromatic N) is 4. The fraction of sp³-hybridized carbons (Fsp3) is 0.200. The lowest BCUT2D eigenvalue weighted by atomic mass is 10.2. The van der Waals surface area contributed by atoms with Crippen LogP contribution in [-0.4, -0.2) is 32.0 Å². The number of rotatable bonds is 8. The van der Waals surface area contributed by atoms with Gasteiger partial charge in [-0.15, -0.1) is 0 Å². The molecule has 2 aromatic carbocycles. The fourth-order valence-electron chi connectivity index (χ4n) is 2.86. The number of aromatic nitrogens is 2. The van der Waals surface area contributed by atoms with Crippen LogP contribution in [0.2, 0.25) is 5.02 Å². The van der Waals surface area contributed by atoms with Crippen molar-refractivity contribution < 1.29 is 14.1 Å². The summed E-state index contributed by atoms with van der Waals surface area (Å²) >= 11 is 6.13.